The highest BCUT2D eigenvalue weighted by atomic mass is 35.5. The van der Waals surface area contributed by atoms with Gasteiger partial charge in [-0.3, -0.25) is 9.69 Å². The fourth-order valence-electron chi connectivity index (χ4n) is 0.696. The quantitative estimate of drug-likeness (QED) is 0.381. The first kappa shape index (κ1) is 9.35. The van der Waals surface area contributed by atoms with Gasteiger partial charge in [0, 0.05) is 7.05 Å². The van der Waals surface area contributed by atoms with Crippen molar-refractivity contribution in [2.24, 2.45) is 0 Å². The Morgan fingerprint density at radius 3 is 2.58 bits per heavy atom. The van der Waals surface area contributed by atoms with Crippen molar-refractivity contribution in [3.63, 3.8) is 0 Å². The van der Waals surface area contributed by atoms with E-state index in [1.54, 1.807) is 0 Å². The van der Waals surface area contributed by atoms with E-state index in [-0.39, 0.29) is 10.9 Å². The summed E-state index contributed by atoms with van der Waals surface area (Å²) in [7, 11) is 1.41. The number of carbonyl (C=O) groups is 2. The monoisotopic (exact) mass is 209 g/mol. The molecule has 0 saturated heterocycles. The van der Waals surface area contributed by atoms with Crippen molar-refractivity contribution < 1.29 is 14.3 Å². The number of ether oxygens (including phenoxy) is 1. The summed E-state index contributed by atoms with van der Waals surface area (Å²) in [6.45, 7) is 0. The highest BCUT2D eigenvalue weighted by molar-refractivity contribution is 6.44. The molecular formula is C6H5Cl2NO3. The Bertz CT molecular complexity index is 264. The van der Waals surface area contributed by atoms with Crippen molar-refractivity contribution in [1.29, 1.82) is 0 Å². The number of rotatable bonds is 2. The molecule has 0 aromatic heterocycles. The minimum Gasteiger partial charge on any atom is -0.406 e. The standard InChI is InChI=1S/C6H5Cl2NO3/c1-9(2-10)5-3(7)4(8)6(11)12-5/h2,4H,1H3/t4-/m1/s1. The summed E-state index contributed by atoms with van der Waals surface area (Å²) < 4.78 is 4.61. The molecule has 0 aromatic carbocycles. The Labute approximate surface area is 78.7 Å². The van der Waals surface area contributed by atoms with E-state index in [0.29, 0.717) is 6.41 Å². The second-order valence-corrected chi connectivity index (χ2v) is 3.00. The van der Waals surface area contributed by atoms with Crippen molar-refractivity contribution in [3.05, 3.63) is 10.9 Å². The van der Waals surface area contributed by atoms with Crippen LogP contribution in [0.2, 0.25) is 0 Å². The summed E-state index contributed by atoms with van der Waals surface area (Å²) in [6.07, 6.45) is 0.472. The molecular weight excluding hydrogens is 205 g/mol. The van der Waals surface area contributed by atoms with Gasteiger partial charge in [0.25, 0.3) is 0 Å². The molecule has 1 aliphatic rings. The Morgan fingerprint density at radius 2 is 2.25 bits per heavy atom. The smallest absolute Gasteiger partial charge is 0.336 e. The van der Waals surface area contributed by atoms with Gasteiger partial charge in [-0.2, -0.15) is 0 Å². The Balaban J connectivity index is 2.91. The van der Waals surface area contributed by atoms with Crippen LogP contribution in [0.3, 0.4) is 0 Å². The molecule has 0 unspecified atom stereocenters. The van der Waals surface area contributed by atoms with Crippen molar-refractivity contribution in [3.8, 4) is 0 Å². The van der Waals surface area contributed by atoms with Crippen LogP contribution in [0.25, 0.3) is 0 Å². The van der Waals surface area contributed by atoms with Crippen LogP contribution in [-0.2, 0) is 14.3 Å². The van der Waals surface area contributed by atoms with Gasteiger partial charge in [-0.05, 0) is 0 Å². The Morgan fingerprint density at radius 1 is 1.67 bits per heavy atom. The fraction of sp³-hybridized carbons (Fsp3) is 0.333. The normalized spacial score (nSPS) is 22.6. The lowest BCUT2D eigenvalue weighted by Gasteiger charge is -2.09. The van der Waals surface area contributed by atoms with Crippen LogP contribution >= 0.6 is 23.2 Å². The van der Waals surface area contributed by atoms with Crippen molar-refractivity contribution >= 4 is 35.6 Å². The van der Waals surface area contributed by atoms with Gasteiger partial charge in [-0.15, -0.1) is 11.6 Å². The molecule has 1 heterocycles. The van der Waals surface area contributed by atoms with Gasteiger partial charge in [0.15, 0.2) is 5.38 Å². The molecule has 1 amide bonds. The summed E-state index contributed by atoms with van der Waals surface area (Å²) in [5.74, 6) is -0.665. The molecule has 66 valence electrons. The van der Waals surface area contributed by atoms with Crippen molar-refractivity contribution in [2.45, 2.75) is 5.38 Å². The minimum atomic E-state index is -0.996. The maximum absolute atomic E-state index is 10.8. The predicted molar refractivity (Wildman–Crippen MR) is 42.4 cm³/mol. The molecule has 4 nitrogen and oxygen atoms in total. The van der Waals surface area contributed by atoms with Crippen LogP contribution in [0.15, 0.2) is 10.9 Å². The van der Waals surface area contributed by atoms with Gasteiger partial charge < -0.3 is 4.74 Å². The van der Waals surface area contributed by atoms with Crippen LogP contribution in [0.1, 0.15) is 0 Å². The summed E-state index contributed by atoms with van der Waals surface area (Å²) in [5.41, 5.74) is 0. The number of hydrogen-bond donors (Lipinski definition) is 0. The van der Waals surface area contributed by atoms with Gasteiger partial charge in [0.1, 0.15) is 5.03 Å². The Kier molecular flexibility index (Phi) is 2.59. The number of cyclic esters (lactones) is 1. The third-order valence-corrected chi connectivity index (χ3v) is 2.20. The van der Waals surface area contributed by atoms with Gasteiger partial charge in [-0.1, -0.05) is 11.6 Å². The number of esters is 1. The largest absolute Gasteiger partial charge is 0.406 e. The lowest BCUT2D eigenvalue weighted by molar-refractivity contribution is -0.138. The Hall–Kier alpha value is -0.740. The lowest BCUT2D eigenvalue weighted by atomic mass is 10.4. The number of hydrogen-bond acceptors (Lipinski definition) is 3. The summed E-state index contributed by atoms with van der Waals surface area (Å²) in [6, 6.07) is 0. The van der Waals surface area contributed by atoms with E-state index < -0.39 is 11.3 Å². The molecule has 1 atom stereocenters. The first-order valence-electron chi connectivity index (χ1n) is 3.01. The van der Waals surface area contributed by atoms with Crippen LogP contribution in [0.4, 0.5) is 0 Å². The number of amides is 1. The van der Waals surface area contributed by atoms with Gasteiger partial charge >= 0.3 is 5.97 Å². The van der Waals surface area contributed by atoms with Crippen molar-refractivity contribution in [1.82, 2.24) is 4.90 Å². The molecule has 1 rings (SSSR count). The van der Waals surface area contributed by atoms with Crippen LogP contribution in [0, 0.1) is 0 Å². The van der Waals surface area contributed by atoms with Crippen LogP contribution in [-0.4, -0.2) is 29.7 Å². The van der Waals surface area contributed by atoms with Crippen molar-refractivity contribution in [2.75, 3.05) is 7.05 Å². The van der Waals surface area contributed by atoms with E-state index >= 15 is 0 Å². The first-order valence-corrected chi connectivity index (χ1v) is 3.83. The third-order valence-electron chi connectivity index (χ3n) is 1.31. The van der Waals surface area contributed by atoms with Crippen LogP contribution < -0.4 is 0 Å². The fourth-order valence-corrected chi connectivity index (χ4v) is 1.09. The topological polar surface area (TPSA) is 46.6 Å². The van der Waals surface area contributed by atoms with E-state index in [4.69, 9.17) is 23.2 Å². The zero-order chi connectivity index (χ0) is 9.30. The average molecular weight is 210 g/mol. The number of halogens is 2. The van der Waals surface area contributed by atoms with E-state index in [2.05, 4.69) is 4.74 Å². The molecule has 0 radical (unpaired) electrons. The minimum absolute atomic E-state index is 0.00309. The molecule has 0 N–H and O–H groups in total. The molecule has 1 aliphatic heterocycles. The van der Waals surface area contributed by atoms with Gasteiger partial charge in [-0.25, -0.2) is 4.79 Å². The maximum Gasteiger partial charge on any atom is 0.336 e. The van der Waals surface area contributed by atoms with Gasteiger partial charge in [0.05, 0.1) is 0 Å². The summed E-state index contributed by atoms with van der Waals surface area (Å²) in [4.78, 5) is 22.1. The van der Waals surface area contributed by atoms with E-state index in [1.165, 1.54) is 7.05 Å². The molecule has 0 spiro atoms. The van der Waals surface area contributed by atoms with E-state index in [1.807, 2.05) is 0 Å². The zero-order valence-electron chi connectivity index (χ0n) is 6.08. The number of nitrogens with zero attached hydrogens (tertiary/aromatic N) is 1. The predicted octanol–water partition coefficient (Wildman–Crippen LogP) is 0.647. The SMILES string of the molecule is CN(C=O)C1=C(Cl)[C@@H](Cl)C(=O)O1. The second kappa shape index (κ2) is 3.33. The third kappa shape index (κ3) is 1.40. The lowest BCUT2D eigenvalue weighted by Crippen LogP contribution is -2.16. The summed E-state index contributed by atoms with van der Waals surface area (Å²) >= 11 is 11.1. The molecule has 0 fully saturated rings. The molecule has 0 bridgehead atoms. The maximum atomic E-state index is 10.8. The molecule has 0 aliphatic carbocycles. The zero-order valence-corrected chi connectivity index (χ0v) is 7.59. The molecule has 12 heavy (non-hydrogen) atoms. The first-order chi connectivity index (χ1) is 5.57. The number of carbonyl (C=O) groups excluding carboxylic acids is 2. The highest BCUT2D eigenvalue weighted by Crippen LogP contribution is 2.29. The molecule has 0 saturated carbocycles. The molecule has 6 heteroatoms. The average Bonchev–Trinajstić information content (AvgIpc) is 2.32. The molecule has 0 aromatic rings. The summed E-state index contributed by atoms with van der Waals surface area (Å²) in [5, 5.41) is -0.958. The highest BCUT2D eigenvalue weighted by Gasteiger charge is 2.35. The van der Waals surface area contributed by atoms with Gasteiger partial charge in [0.2, 0.25) is 12.3 Å². The number of alkyl halides is 1. The second-order valence-electron chi connectivity index (χ2n) is 2.15. The van der Waals surface area contributed by atoms with Crippen LogP contribution in [0.5, 0.6) is 0 Å². The van der Waals surface area contributed by atoms with E-state index in [0.717, 1.165) is 4.90 Å². The van der Waals surface area contributed by atoms with E-state index in [9.17, 15) is 9.59 Å².